The molecule has 5 heteroatoms. The summed E-state index contributed by atoms with van der Waals surface area (Å²) in [6, 6.07) is 8.71. The zero-order chi connectivity index (χ0) is 21.9. The van der Waals surface area contributed by atoms with Crippen molar-refractivity contribution in [1.82, 2.24) is 0 Å². The fourth-order valence-electron chi connectivity index (χ4n) is 3.72. The van der Waals surface area contributed by atoms with Gasteiger partial charge in [-0.3, -0.25) is 0 Å². The molecule has 168 valence electrons. The van der Waals surface area contributed by atoms with E-state index in [1.165, 1.54) is 31.1 Å². The van der Waals surface area contributed by atoms with E-state index in [1.54, 1.807) is 0 Å². The summed E-state index contributed by atoms with van der Waals surface area (Å²) < 4.78 is 44.3. The molecule has 1 aromatic carbocycles. The number of methoxy groups -OCH3 is 1. The van der Waals surface area contributed by atoms with Crippen LogP contribution in [0.4, 0.5) is 8.78 Å². The van der Waals surface area contributed by atoms with Gasteiger partial charge in [0.2, 0.25) is 0 Å². The van der Waals surface area contributed by atoms with Gasteiger partial charge in [-0.05, 0) is 36.8 Å². The molecule has 1 saturated heterocycles. The Balaban J connectivity index is 0.00000155. The van der Waals surface area contributed by atoms with Crippen LogP contribution >= 0.6 is 0 Å². The summed E-state index contributed by atoms with van der Waals surface area (Å²) in [6.07, 6.45) is 6.14. The normalized spacial score (nSPS) is 21.8. The maximum Gasteiger partial charge on any atom is 0.199 e. The van der Waals surface area contributed by atoms with Crippen LogP contribution in [0.1, 0.15) is 76.5 Å². The predicted octanol–water partition coefficient (Wildman–Crippen LogP) is 7.34. The molecule has 3 nitrogen and oxygen atoms in total. The highest BCUT2D eigenvalue weighted by molar-refractivity contribution is 5.29. The lowest BCUT2D eigenvalue weighted by molar-refractivity contribution is -0.0368. The minimum Gasteiger partial charge on any atom is -0.498 e. The highest BCUT2D eigenvalue weighted by Crippen LogP contribution is 2.35. The van der Waals surface area contributed by atoms with Crippen molar-refractivity contribution in [2.75, 3.05) is 20.3 Å². The van der Waals surface area contributed by atoms with Crippen molar-refractivity contribution in [2.45, 2.75) is 71.8 Å². The largest absolute Gasteiger partial charge is 0.498 e. The van der Waals surface area contributed by atoms with Gasteiger partial charge in [-0.25, -0.2) is 0 Å². The summed E-state index contributed by atoms with van der Waals surface area (Å²) in [7, 11) is 1.35. The van der Waals surface area contributed by atoms with Crippen LogP contribution in [-0.2, 0) is 20.6 Å². The van der Waals surface area contributed by atoms with Gasteiger partial charge >= 0.3 is 0 Å². The first kappa shape index (κ1) is 24.4. The van der Waals surface area contributed by atoms with Crippen LogP contribution < -0.4 is 0 Å². The van der Waals surface area contributed by atoms with E-state index in [-0.39, 0.29) is 23.5 Å². The van der Waals surface area contributed by atoms with Crippen molar-refractivity contribution in [3.63, 3.8) is 0 Å². The van der Waals surface area contributed by atoms with E-state index < -0.39 is 11.7 Å². The molecular formula is C25H36F2O3. The predicted molar refractivity (Wildman–Crippen MR) is 116 cm³/mol. The minimum atomic E-state index is -0.939. The van der Waals surface area contributed by atoms with E-state index in [1.807, 2.05) is 13.8 Å². The van der Waals surface area contributed by atoms with Crippen molar-refractivity contribution >= 4 is 0 Å². The highest BCUT2D eigenvalue weighted by atomic mass is 19.2. The van der Waals surface area contributed by atoms with E-state index in [2.05, 4.69) is 31.2 Å². The molecule has 2 atom stereocenters. The SMILES string of the molecule is CC.CCCCc1ccc(C2CCC(COC3=C(F)C(F)=C(OC)CC3)CO2)cc1. The van der Waals surface area contributed by atoms with Gasteiger partial charge in [0.05, 0.1) is 26.4 Å². The van der Waals surface area contributed by atoms with E-state index in [0.29, 0.717) is 26.1 Å². The smallest absolute Gasteiger partial charge is 0.199 e. The van der Waals surface area contributed by atoms with Gasteiger partial charge in [0.1, 0.15) is 11.5 Å². The van der Waals surface area contributed by atoms with Gasteiger partial charge in [0.15, 0.2) is 11.7 Å². The van der Waals surface area contributed by atoms with Gasteiger partial charge in [-0.1, -0.05) is 51.5 Å². The Morgan fingerprint density at radius 1 is 1.00 bits per heavy atom. The molecule has 1 aliphatic heterocycles. The topological polar surface area (TPSA) is 27.7 Å². The lowest BCUT2D eigenvalue weighted by Crippen LogP contribution is -2.24. The quantitative estimate of drug-likeness (QED) is 0.438. The van der Waals surface area contributed by atoms with Crippen molar-refractivity contribution in [3.8, 4) is 0 Å². The second-order valence-electron chi connectivity index (χ2n) is 7.60. The van der Waals surface area contributed by atoms with Crippen LogP contribution in [0.5, 0.6) is 0 Å². The third-order valence-corrected chi connectivity index (χ3v) is 5.54. The lowest BCUT2D eigenvalue weighted by atomic mass is 9.94. The fraction of sp³-hybridized carbons (Fsp3) is 0.600. The summed E-state index contributed by atoms with van der Waals surface area (Å²) in [5.74, 6) is -1.54. The molecule has 1 aliphatic carbocycles. The number of allylic oxidation sites excluding steroid dienone is 4. The van der Waals surface area contributed by atoms with Crippen molar-refractivity contribution in [3.05, 3.63) is 58.6 Å². The number of ether oxygens (including phenoxy) is 3. The molecule has 2 aliphatic rings. The van der Waals surface area contributed by atoms with Crippen LogP contribution in [-0.4, -0.2) is 20.3 Å². The molecule has 30 heavy (non-hydrogen) atoms. The van der Waals surface area contributed by atoms with Crippen LogP contribution in [0.15, 0.2) is 47.4 Å². The minimum absolute atomic E-state index is 0.0504. The number of hydrogen-bond acceptors (Lipinski definition) is 3. The Morgan fingerprint density at radius 2 is 1.67 bits per heavy atom. The first-order valence-corrected chi connectivity index (χ1v) is 11.3. The van der Waals surface area contributed by atoms with Crippen molar-refractivity contribution in [1.29, 1.82) is 0 Å². The number of hydrogen-bond donors (Lipinski definition) is 0. The standard InChI is InChI=1S/C23H30F2O3.C2H6/c1-3-4-5-16-6-9-18(10-7-16)19-11-8-17(14-27-19)15-28-21-13-12-20(26-2)22(24)23(21)25;1-2/h6-7,9-10,17,19H,3-5,8,11-15H2,1-2H3;1-2H3. The highest BCUT2D eigenvalue weighted by Gasteiger charge is 2.27. The number of aryl methyl sites for hydroxylation is 1. The van der Waals surface area contributed by atoms with E-state index >= 15 is 0 Å². The molecule has 1 aromatic rings. The molecule has 3 rings (SSSR count). The summed E-state index contributed by atoms with van der Waals surface area (Å²) >= 11 is 0. The molecular weight excluding hydrogens is 386 g/mol. The number of benzene rings is 1. The third-order valence-electron chi connectivity index (χ3n) is 5.54. The van der Waals surface area contributed by atoms with E-state index in [4.69, 9.17) is 14.2 Å². The van der Waals surface area contributed by atoms with Gasteiger partial charge < -0.3 is 14.2 Å². The molecule has 0 spiro atoms. The van der Waals surface area contributed by atoms with Gasteiger partial charge in [-0.2, -0.15) is 8.78 Å². The monoisotopic (exact) mass is 422 g/mol. The zero-order valence-electron chi connectivity index (χ0n) is 18.8. The average Bonchev–Trinajstić information content (AvgIpc) is 2.81. The molecule has 1 fully saturated rings. The van der Waals surface area contributed by atoms with E-state index in [0.717, 1.165) is 19.3 Å². The summed E-state index contributed by atoms with van der Waals surface area (Å²) in [5.41, 5.74) is 2.58. The Hall–Kier alpha value is -1.88. The fourth-order valence-corrected chi connectivity index (χ4v) is 3.72. The third kappa shape index (κ3) is 6.56. The van der Waals surface area contributed by atoms with Gasteiger partial charge in [0, 0.05) is 18.8 Å². The van der Waals surface area contributed by atoms with Crippen molar-refractivity contribution < 1.29 is 23.0 Å². The van der Waals surface area contributed by atoms with E-state index in [9.17, 15) is 8.78 Å². The molecule has 2 unspecified atom stereocenters. The Labute approximate surface area is 180 Å². The van der Waals surface area contributed by atoms with Gasteiger partial charge in [-0.15, -0.1) is 0 Å². The lowest BCUT2D eigenvalue weighted by Gasteiger charge is -2.30. The van der Waals surface area contributed by atoms with Gasteiger partial charge in [0.25, 0.3) is 0 Å². The van der Waals surface area contributed by atoms with Crippen LogP contribution in [0.25, 0.3) is 0 Å². The Kier molecular flexibility index (Phi) is 10.4. The second kappa shape index (κ2) is 12.7. The van der Waals surface area contributed by atoms with Crippen LogP contribution in [0.2, 0.25) is 0 Å². The summed E-state index contributed by atoms with van der Waals surface area (Å²) in [5, 5.41) is 0. The first-order chi connectivity index (χ1) is 14.6. The molecule has 1 heterocycles. The number of rotatable bonds is 8. The molecule has 0 aromatic heterocycles. The number of halogens is 2. The first-order valence-electron chi connectivity index (χ1n) is 11.3. The zero-order valence-corrected chi connectivity index (χ0v) is 18.8. The van der Waals surface area contributed by atoms with Crippen LogP contribution in [0.3, 0.4) is 0 Å². The molecule has 0 amide bonds. The number of unbranched alkanes of at least 4 members (excludes halogenated alkanes) is 1. The van der Waals surface area contributed by atoms with Crippen LogP contribution in [0, 0.1) is 5.92 Å². The molecule has 0 bridgehead atoms. The molecule has 0 saturated carbocycles. The van der Waals surface area contributed by atoms with Crippen molar-refractivity contribution in [2.24, 2.45) is 5.92 Å². The summed E-state index contributed by atoms with van der Waals surface area (Å²) in [4.78, 5) is 0. The molecule has 0 radical (unpaired) electrons. The Morgan fingerprint density at radius 3 is 2.27 bits per heavy atom. The maximum absolute atomic E-state index is 14.0. The molecule has 0 N–H and O–H groups in total. The maximum atomic E-state index is 14.0. The Bertz CT molecular complexity index is 702. The average molecular weight is 423 g/mol. The summed E-state index contributed by atoms with van der Waals surface area (Å²) in [6.45, 7) is 7.12. The second-order valence-corrected chi connectivity index (χ2v) is 7.60.